The van der Waals surface area contributed by atoms with Gasteiger partial charge in [-0.25, -0.2) is 4.98 Å². The Morgan fingerprint density at radius 2 is 1.84 bits per heavy atom. The third-order valence-electron chi connectivity index (χ3n) is 4.36. The fourth-order valence-electron chi connectivity index (χ4n) is 2.81. The van der Waals surface area contributed by atoms with Crippen LogP contribution < -0.4 is 5.32 Å². The van der Waals surface area contributed by atoms with E-state index in [1.54, 1.807) is 0 Å². The Kier molecular flexibility index (Phi) is 5.11. The molecule has 1 aliphatic heterocycles. The molecule has 1 amide bonds. The molecule has 25 heavy (non-hydrogen) atoms. The SMILES string of the molecule is CNc1nc(-c2ccc(C(C)(C)C)cc2)c(C(=O)N2CCOCC2)s1. The molecule has 3 rings (SSSR count). The number of carbonyl (C=O) groups excluding carboxylic acids is 1. The zero-order valence-electron chi connectivity index (χ0n) is 15.3. The Balaban J connectivity index is 1.95. The number of amides is 1. The number of thiazole rings is 1. The molecule has 6 heteroatoms. The molecule has 134 valence electrons. The maximum absolute atomic E-state index is 13.0. The van der Waals surface area contributed by atoms with Crippen LogP contribution in [-0.4, -0.2) is 49.1 Å². The molecule has 2 aromatic rings. The fourth-order valence-corrected chi connectivity index (χ4v) is 3.71. The maximum Gasteiger partial charge on any atom is 0.266 e. The van der Waals surface area contributed by atoms with Crippen LogP contribution in [0.1, 0.15) is 36.0 Å². The Bertz CT molecular complexity index is 741. The quantitative estimate of drug-likeness (QED) is 0.909. The smallest absolute Gasteiger partial charge is 0.266 e. The number of rotatable bonds is 3. The van der Waals surface area contributed by atoms with E-state index >= 15 is 0 Å². The van der Waals surface area contributed by atoms with Gasteiger partial charge in [-0.05, 0) is 11.0 Å². The van der Waals surface area contributed by atoms with Crippen molar-refractivity contribution in [3.63, 3.8) is 0 Å². The number of carbonyl (C=O) groups is 1. The van der Waals surface area contributed by atoms with E-state index in [1.807, 2.05) is 11.9 Å². The van der Waals surface area contributed by atoms with E-state index in [4.69, 9.17) is 4.74 Å². The van der Waals surface area contributed by atoms with Crippen molar-refractivity contribution in [2.45, 2.75) is 26.2 Å². The zero-order valence-corrected chi connectivity index (χ0v) is 16.1. The summed E-state index contributed by atoms with van der Waals surface area (Å²) in [6.45, 7) is 9.03. The summed E-state index contributed by atoms with van der Waals surface area (Å²) in [4.78, 5) is 20.1. The molecule has 0 saturated carbocycles. The van der Waals surface area contributed by atoms with Gasteiger partial charge in [-0.2, -0.15) is 0 Å². The number of aromatic nitrogens is 1. The highest BCUT2D eigenvalue weighted by Crippen LogP contribution is 2.33. The van der Waals surface area contributed by atoms with Crippen LogP contribution in [0, 0.1) is 0 Å². The van der Waals surface area contributed by atoms with Crippen LogP contribution in [0.2, 0.25) is 0 Å². The normalized spacial score (nSPS) is 15.3. The van der Waals surface area contributed by atoms with Gasteiger partial charge >= 0.3 is 0 Å². The highest BCUT2D eigenvalue weighted by atomic mass is 32.1. The Labute approximate surface area is 153 Å². The van der Waals surface area contributed by atoms with Gasteiger partial charge in [0.05, 0.1) is 18.9 Å². The number of hydrogen-bond acceptors (Lipinski definition) is 5. The Morgan fingerprint density at radius 1 is 1.20 bits per heavy atom. The van der Waals surface area contributed by atoms with Gasteiger partial charge < -0.3 is 15.0 Å². The molecule has 1 N–H and O–H groups in total. The minimum Gasteiger partial charge on any atom is -0.378 e. The summed E-state index contributed by atoms with van der Waals surface area (Å²) in [7, 11) is 1.83. The van der Waals surface area contributed by atoms with Gasteiger partial charge in [0.1, 0.15) is 4.88 Å². The summed E-state index contributed by atoms with van der Waals surface area (Å²) in [5.41, 5.74) is 3.10. The third-order valence-corrected chi connectivity index (χ3v) is 5.42. The van der Waals surface area contributed by atoms with E-state index in [0.717, 1.165) is 16.4 Å². The first-order valence-corrected chi connectivity index (χ1v) is 9.38. The lowest BCUT2D eigenvalue weighted by Crippen LogP contribution is -2.40. The van der Waals surface area contributed by atoms with Gasteiger partial charge in [-0.1, -0.05) is 56.4 Å². The van der Waals surface area contributed by atoms with Crippen LogP contribution in [0.3, 0.4) is 0 Å². The third kappa shape index (κ3) is 3.85. The molecule has 0 aliphatic carbocycles. The van der Waals surface area contributed by atoms with Crippen molar-refractivity contribution in [3.05, 3.63) is 34.7 Å². The molecule has 0 radical (unpaired) electrons. The number of nitrogens with zero attached hydrogens (tertiary/aromatic N) is 2. The summed E-state index contributed by atoms with van der Waals surface area (Å²) in [6.07, 6.45) is 0. The lowest BCUT2D eigenvalue weighted by Gasteiger charge is -2.26. The van der Waals surface area contributed by atoms with Crippen LogP contribution >= 0.6 is 11.3 Å². The number of anilines is 1. The summed E-state index contributed by atoms with van der Waals surface area (Å²) < 4.78 is 5.35. The molecule has 0 atom stereocenters. The number of benzene rings is 1. The first-order chi connectivity index (χ1) is 11.9. The maximum atomic E-state index is 13.0. The van der Waals surface area contributed by atoms with Gasteiger partial charge in [0.25, 0.3) is 5.91 Å². The summed E-state index contributed by atoms with van der Waals surface area (Å²) in [6, 6.07) is 8.36. The molecule has 2 heterocycles. The molecule has 1 aromatic heterocycles. The summed E-state index contributed by atoms with van der Waals surface area (Å²) in [5.74, 6) is 0.0391. The van der Waals surface area contributed by atoms with Crippen LogP contribution in [-0.2, 0) is 10.2 Å². The monoisotopic (exact) mass is 359 g/mol. The van der Waals surface area contributed by atoms with Crippen molar-refractivity contribution < 1.29 is 9.53 Å². The molecule has 0 bridgehead atoms. The number of hydrogen-bond donors (Lipinski definition) is 1. The van der Waals surface area contributed by atoms with E-state index in [0.29, 0.717) is 31.2 Å². The molecular formula is C19H25N3O2S. The van der Waals surface area contributed by atoms with Gasteiger partial charge in [0.2, 0.25) is 0 Å². The Hall–Kier alpha value is -1.92. The average molecular weight is 359 g/mol. The number of ether oxygens (including phenoxy) is 1. The van der Waals surface area contributed by atoms with Gasteiger partial charge in [-0.3, -0.25) is 4.79 Å². The number of nitrogens with one attached hydrogen (secondary N) is 1. The lowest BCUT2D eigenvalue weighted by molar-refractivity contribution is 0.0306. The second-order valence-electron chi connectivity index (χ2n) is 7.18. The summed E-state index contributed by atoms with van der Waals surface area (Å²) in [5, 5.41) is 3.82. The molecule has 5 nitrogen and oxygen atoms in total. The summed E-state index contributed by atoms with van der Waals surface area (Å²) >= 11 is 1.41. The van der Waals surface area contributed by atoms with Crippen molar-refractivity contribution in [2.75, 3.05) is 38.7 Å². The molecular weight excluding hydrogens is 334 g/mol. The standard InChI is InChI=1S/C19H25N3O2S/c1-19(2,3)14-7-5-13(6-8-14)15-16(25-18(20-4)21-15)17(23)22-9-11-24-12-10-22/h5-8H,9-12H2,1-4H3,(H,20,21). The van der Waals surface area contributed by atoms with Crippen molar-refractivity contribution in [1.82, 2.24) is 9.88 Å². The highest BCUT2D eigenvalue weighted by molar-refractivity contribution is 7.18. The van der Waals surface area contributed by atoms with Crippen molar-refractivity contribution in [1.29, 1.82) is 0 Å². The van der Waals surface area contributed by atoms with E-state index in [2.05, 4.69) is 55.3 Å². The molecule has 1 aliphatic rings. The molecule has 0 spiro atoms. The van der Waals surface area contributed by atoms with Gasteiger partial charge in [0, 0.05) is 25.7 Å². The second kappa shape index (κ2) is 7.14. The molecule has 1 fully saturated rings. The second-order valence-corrected chi connectivity index (χ2v) is 8.18. The van der Waals surface area contributed by atoms with Crippen LogP contribution in [0.4, 0.5) is 5.13 Å². The van der Waals surface area contributed by atoms with Gasteiger partial charge in [-0.15, -0.1) is 0 Å². The van der Waals surface area contributed by atoms with Crippen LogP contribution in [0.5, 0.6) is 0 Å². The van der Waals surface area contributed by atoms with E-state index in [9.17, 15) is 4.79 Å². The van der Waals surface area contributed by atoms with Crippen LogP contribution in [0.25, 0.3) is 11.3 Å². The van der Waals surface area contributed by atoms with Crippen molar-refractivity contribution in [3.8, 4) is 11.3 Å². The lowest BCUT2D eigenvalue weighted by atomic mass is 9.86. The van der Waals surface area contributed by atoms with E-state index in [1.165, 1.54) is 16.9 Å². The largest absolute Gasteiger partial charge is 0.378 e. The average Bonchev–Trinajstić information content (AvgIpc) is 3.05. The van der Waals surface area contributed by atoms with Crippen LogP contribution in [0.15, 0.2) is 24.3 Å². The minimum absolute atomic E-state index is 0.0391. The van der Waals surface area contributed by atoms with E-state index in [-0.39, 0.29) is 11.3 Å². The topological polar surface area (TPSA) is 54.5 Å². The van der Waals surface area contributed by atoms with E-state index < -0.39 is 0 Å². The minimum atomic E-state index is 0.0391. The predicted octanol–water partition coefficient (Wildman–Crippen LogP) is 3.62. The fraction of sp³-hybridized carbons (Fsp3) is 0.474. The Morgan fingerprint density at radius 3 is 2.40 bits per heavy atom. The molecule has 1 aromatic carbocycles. The molecule has 1 saturated heterocycles. The van der Waals surface area contributed by atoms with Crippen molar-refractivity contribution >= 4 is 22.4 Å². The van der Waals surface area contributed by atoms with Gasteiger partial charge in [0.15, 0.2) is 5.13 Å². The first kappa shape index (κ1) is 17.9. The highest BCUT2D eigenvalue weighted by Gasteiger charge is 2.25. The van der Waals surface area contributed by atoms with Crippen molar-refractivity contribution in [2.24, 2.45) is 0 Å². The zero-order chi connectivity index (χ0) is 18.0. The first-order valence-electron chi connectivity index (χ1n) is 8.56. The molecule has 0 unspecified atom stereocenters. The predicted molar refractivity (Wildman–Crippen MR) is 103 cm³/mol. The number of morpholine rings is 1.